The van der Waals surface area contributed by atoms with Gasteiger partial charge in [-0.2, -0.15) is 0 Å². The van der Waals surface area contributed by atoms with Crippen molar-refractivity contribution in [2.75, 3.05) is 11.5 Å². The van der Waals surface area contributed by atoms with E-state index in [1.54, 1.807) is 30.3 Å². The van der Waals surface area contributed by atoms with Crippen LogP contribution in [0.3, 0.4) is 0 Å². The highest BCUT2D eigenvalue weighted by atomic mass is 35.5. The smallest absolute Gasteiger partial charge is 0.303 e. The molecule has 4 rings (SSSR count). The molecule has 232 valence electrons. The second kappa shape index (κ2) is 14.5. The molecule has 2 aliphatic heterocycles. The number of esters is 4. The molecule has 0 aliphatic carbocycles. The van der Waals surface area contributed by atoms with E-state index in [2.05, 4.69) is 4.99 Å². The summed E-state index contributed by atoms with van der Waals surface area (Å²) in [7, 11) is 0. The number of hydrogen-bond acceptors (Lipinski definition) is 12. The van der Waals surface area contributed by atoms with Gasteiger partial charge in [0.2, 0.25) is 0 Å². The Morgan fingerprint density at radius 2 is 1.45 bits per heavy atom. The monoisotopic (exact) mass is 644 g/mol. The van der Waals surface area contributed by atoms with Gasteiger partial charge < -0.3 is 23.7 Å². The molecule has 0 saturated carbocycles. The molecule has 0 N–H and O–H groups in total. The maximum absolute atomic E-state index is 13.7. The van der Waals surface area contributed by atoms with Crippen molar-refractivity contribution in [3.05, 3.63) is 70.9 Å². The Morgan fingerprint density at radius 3 is 2.05 bits per heavy atom. The van der Waals surface area contributed by atoms with Gasteiger partial charge in [0.15, 0.2) is 28.9 Å². The van der Waals surface area contributed by atoms with E-state index in [1.165, 1.54) is 11.8 Å². The van der Waals surface area contributed by atoms with E-state index >= 15 is 0 Å². The van der Waals surface area contributed by atoms with Crippen LogP contribution in [-0.2, 0) is 47.7 Å². The Morgan fingerprint density at radius 1 is 0.864 bits per heavy atom. The van der Waals surface area contributed by atoms with Crippen LogP contribution in [0, 0.1) is 0 Å². The topological polar surface area (TPSA) is 147 Å². The summed E-state index contributed by atoms with van der Waals surface area (Å²) in [5.74, 6) is -3.34. The van der Waals surface area contributed by atoms with Crippen molar-refractivity contribution in [2.24, 2.45) is 4.99 Å². The third-order valence-electron chi connectivity index (χ3n) is 6.19. The van der Waals surface area contributed by atoms with Crippen LogP contribution in [0.25, 0.3) is 6.08 Å². The highest BCUT2D eigenvalue weighted by Gasteiger charge is 2.53. The fourth-order valence-electron chi connectivity index (χ4n) is 4.49. The van der Waals surface area contributed by atoms with Crippen LogP contribution < -0.4 is 4.90 Å². The maximum Gasteiger partial charge on any atom is 0.303 e. The molecule has 12 nitrogen and oxygen atoms in total. The highest BCUT2D eigenvalue weighted by molar-refractivity contribution is 8.14. The minimum absolute atomic E-state index is 0.110. The number of halogens is 1. The number of amides is 1. The van der Waals surface area contributed by atoms with E-state index in [9.17, 15) is 24.0 Å². The zero-order valence-electron chi connectivity index (χ0n) is 24.1. The molecule has 2 aliphatic rings. The predicted molar refractivity (Wildman–Crippen MR) is 160 cm³/mol. The molecule has 0 bridgehead atoms. The van der Waals surface area contributed by atoms with Crippen LogP contribution in [0.1, 0.15) is 33.3 Å². The normalized spacial score (nSPS) is 24.0. The lowest BCUT2D eigenvalue weighted by Crippen LogP contribution is -2.61. The minimum Gasteiger partial charge on any atom is -0.463 e. The fourth-order valence-corrected chi connectivity index (χ4v) is 5.81. The molecule has 2 aromatic rings. The number of nitrogens with zero attached hydrogens (tertiary/aromatic N) is 2. The van der Waals surface area contributed by atoms with Gasteiger partial charge in [0.25, 0.3) is 5.91 Å². The molecule has 0 unspecified atom stereocenters. The summed E-state index contributed by atoms with van der Waals surface area (Å²) in [6.07, 6.45) is -3.56. The second-order valence-corrected chi connectivity index (χ2v) is 11.1. The van der Waals surface area contributed by atoms with E-state index in [-0.39, 0.29) is 17.5 Å². The molecular weight excluding hydrogens is 616 g/mol. The third kappa shape index (κ3) is 8.24. The fraction of sp³-hybridized carbons (Fsp3) is 0.333. The number of aliphatic imine (C=N–C) groups is 1. The Balaban J connectivity index is 1.79. The first-order chi connectivity index (χ1) is 20.9. The number of amidine groups is 1. The van der Waals surface area contributed by atoms with Gasteiger partial charge in [0.05, 0.1) is 5.69 Å². The van der Waals surface area contributed by atoms with E-state index in [4.69, 9.17) is 35.3 Å². The summed E-state index contributed by atoms with van der Waals surface area (Å²) in [6, 6.07) is 15.6. The van der Waals surface area contributed by atoms with Crippen molar-refractivity contribution in [2.45, 2.75) is 57.5 Å². The molecular formula is C30H29ClN2O10S. The summed E-state index contributed by atoms with van der Waals surface area (Å²) in [6.45, 7) is 4.22. The first-order valence-corrected chi connectivity index (χ1v) is 14.6. The molecule has 2 heterocycles. The standard InChI is InChI=1S/C30H29ClN2O10S/c1-16(34)39-15-24-25(40-17(2)35)26(41-18(3)36)27(42-19(4)37)29(43-24)44-30-32-23(14-20-8-6-5-7-9-20)28(38)33(30)22-12-10-21(31)11-13-22/h5-14,24-27,29H,15H2,1-4H3/b23-14-/t24-,25-,26+,27-,29+/m1/s1. The number of hydrogen-bond donors (Lipinski definition) is 0. The first kappa shape index (κ1) is 32.7. The summed E-state index contributed by atoms with van der Waals surface area (Å²) in [5, 5.41) is 0.589. The number of anilines is 1. The van der Waals surface area contributed by atoms with Crippen LogP contribution in [0.4, 0.5) is 5.69 Å². The van der Waals surface area contributed by atoms with Gasteiger partial charge in [-0.3, -0.25) is 28.9 Å². The lowest BCUT2D eigenvalue weighted by molar-refractivity contribution is -0.237. The molecule has 2 aromatic carbocycles. The number of carbonyl (C=O) groups excluding carboxylic acids is 5. The average molecular weight is 645 g/mol. The van der Waals surface area contributed by atoms with Gasteiger partial charge >= 0.3 is 23.9 Å². The van der Waals surface area contributed by atoms with Crippen LogP contribution in [0.5, 0.6) is 0 Å². The van der Waals surface area contributed by atoms with Gasteiger partial charge in [-0.25, -0.2) is 4.99 Å². The summed E-state index contributed by atoms with van der Waals surface area (Å²) in [5.41, 5.74) is 0.0919. The Bertz CT molecular complexity index is 1480. The Kier molecular flexibility index (Phi) is 10.8. The van der Waals surface area contributed by atoms with Gasteiger partial charge in [-0.1, -0.05) is 53.7 Å². The van der Waals surface area contributed by atoms with Crippen LogP contribution in [0.2, 0.25) is 5.02 Å². The van der Waals surface area contributed by atoms with Crippen molar-refractivity contribution in [3.8, 4) is 0 Å². The molecule has 0 aromatic heterocycles. The summed E-state index contributed by atoms with van der Waals surface area (Å²) >= 11 is 7.00. The zero-order valence-corrected chi connectivity index (χ0v) is 25.7. The maximum atomic E-state index is 13.7. The molecule has 0 radical (unpaired) electrons. The average Bonchev–Trinajstić information content (AvgIpc) is 3.25. The molecule has 1 amide bonds. The number of rotatable bonds is 8. The quantitative estimate of drug-likeness (QED) is 0.234. The van der Waals surface area contributed by atoms with Crippen molar-refractivity contribution in [1.82, 2.24) is 0 Å². The number of carbonyl (C=O) groups is 5. The SMILES string of the molecule is CC(=O)OC[C@H]1O[C@@H](SC2=N/C(=C\c3ccccc3)C(=O)N2c2ccc(Cl)cc2)[C@H](OC(C)=O)[C@@H](OC(C)=O)[C@@H]1OC(C)=O. The molecule has 1 saturated heterocycles. The van der Waals surface area contributed by atoms with Crippen molar-refractivity contribution in [1.29, 1.82) is 0 Å². The van der Waals surface area contributed by atoms with Gasteiger partial charge in [0, 0.05) is 32.7 Å². The molecule has 5 atom stereocenters. The lowest BCUT2D eigenvalue weighted by Gasteiger charge is -2.44. The minimum atomic E-state index is -1.37. The van der Waals surface area contributed by atoms with Crippen molar-refractivity contribution < 1.29 is 47.7 Å². The molecule has 0 spiro atoms. The second-order valence-electron chi connectivity index (χ2n) is 9.64. The first-order valence-electron chi connectivity index (χ1n) is 13.4. The number of ether oxygens (including phenoxy) is 5. The van der Waals surface area contributed by atoms with Crippen LogP contribution in [0.15, 0.2) is 65.3 Å². The van der Waals surface area contributed by atoms with Crippen molar-refractivity contribution in [3.63, 3.8) is 0 Å². The van der Waals surface area contributed by atoms with E-state index in [0.717, 1.165) is 38.1 Å². The largest absolute Gasteiger partial charge is 0.463 e. The Labute approximate surface area is 262 Å². The van der Waals surface area contributed by atoms with Gasteiger partial charge in [0.1, 0.15) is 18.4 Å². The highest BCUT2D eigenvalue weighted by Crippen LogP contribution is 2.39. The molecule has 1 fully saturated rings. The molecule has 44 heavy (non-hydrogen) atoms. The summed E-state index contributed by atoms with van der Waals surface area (Å²) in [4.78, 5) is 67.8. The third-order valence-corrected chi connectivity index (χ3v) is 7.54. The number of thioether (sulfide) groups is 1. The number of benzene rings is 2. The lowest BCUT2D eigenvalue weighted by atomic mass is 9.99. The Hall–Kier alpha value is -4.20. The van der Waals surface area contributed by atoms with Crippen LogP contribution in [-0.4, -0.2) is 71.4 Å². The predicted octanol–water partition coefficient (Wildman–Crippen LogP) is 3.90. The summed E-state index contributed by atoms with van der Waals surface area (Å²) < 4.78 is 27.9. The zero-order chi connectivity index (χ0) is 32.0. The van der Waals surface area contributed by atoms with Gasteiger partial charge in [-0.15, -0.1) is 0 Å². The van der Waals surface area contributed by atoms with Gasteiger partial charge in [-0.05, 0) is 35.9 Å². The van der Waals surface area contributed by atoms with E-state index in [0.29, 0.717) is 10.7 Å². The van der Waals surface area contributed by atoms with Crippen LogP contribution >= 0.6 is 23.4 Å². The van der Waals surface area contributed by atoms with E-state index < -0.39 is 59.6 Å². The van der Waals surface area contributed by atoms with E-state index in [1.807, 2.05) is 30.3 Å². The van der Waals surface area contributed by atoms with Crippen molar-refractivity contribution >= 4 is 70.1 Å². The molecule has 14 heteroatoms.